The van der Waals surface area contributed by atoms with E-state index in [1.165, 1.54) is 28.9 Å². The Kier molecular flexibility index (Phi) is 3.14. The van der Waals surface area contributed by atoms with Crippen molar-refractivity contribution in [3.63, 3.8) is 0 Å². The lowest BCUT2D eigenvalue weighted by Crippen LogP contribution is -2.26. The minimum absolute atomic E-state index is 0.712. The van der Waals surface area contributed by atoms with Gasteiger partial charge in [-0.2, -0.15) is 0 Å². The van der Waals surface area contributed by atoms with Crippen LogP contribution < -0.4 is 5.32 Å². The molecule has 1 aliphatic rings. The fourth-order valence-corrected chi connectivity index (χ4v) is 2.48. The average molecular weight is 207 g/mol. The van der Waals surface area contributed by atoms with Crippen molar-refractivity contribution >= 4 is 12.6 Å². The Bertz CT molecular complexity index is 316. The van der Waals surface area contributed by atoms with E-state index in [-0.39, 0.29) is 0 Å². The van der Waals surface area contributed by atoms with Gasteiger partial charge in [-0.05, 0) is 49.9 Å². The summed E-state index contributed by atoms with van der Waals surface area (Å²) in [5.74, 6) is 0.712. The molecule has 0 atom stereocenters. The van der Waals surface area contributed by atoms with E-state index >= 15 is 0 Å². The molecule has 2 rings (SSSR count). The van der Waals surface area contributed by atoms with Gasteiger partial charge in [0.25, 0.3) is 0 Å². The van der Waals surface area contributed by atoms with Gasteiger partial charge in [0.05, 0.1) is 0 Å². The number of rotatable bonds is 1. The summed E-state index contributed by atoms with van der Waals surface area (Å²) in [5, 5.41) is 3.39. The van der Waals surface area contributed by atoms with Crippen LogP contribution in [0.5, 0.6) is 0 Å². The number of nitrogens with one attached hydrogen (secondary N) is 1. The highest BCUT2D eigenvalue weighted by atomic mass is 32.1. The fourth-order valence-electron chi connectivity index (χ4n) is 2.14. The molecule has 0 aliphatic carbocycles. The van der Waals surface area contributed by atoms with Crippen molar-refractivity contribution in [1.82, 2.24) is 5.32 Å². The second kappa shape index (κ2) is 4.37. The molecule has 1 heterocycles. The summed E-state index contributed by atoms with van der Waals surface area (Å²) in [6.07, 6.45) is 2.49. The number of piperidine rings is 1. The van der Waals surface area contributed by atoms with Crippen LogP contribution in [0.2, 0.25) is 0 Å². The summed E-state index contributed by atoms with van der Waals surface area (Å²) in [4.78, 5) is 1.19. The predicted octanol–water partition coefficient (Wildman–Crippen LogP) is 2.75. The number of hydrogen-bond donors (Lipinski definition) is 2. The summed E-state index contributed by atoms with van der Waals surface area (Å²) in [7, 11) is 0. The second-order valence-corrected chi connectivity index (χ2v) is 4.48. The molecule has 0 saturated carbocycles. The van der Waals surface area contributed by atoms with Gasteiger partial charge in [-0.25, -0.2) is 0 Å². The van der Waals surface area contributed by atoms with E-state index < -0.39 is 0 Å². The average Bonchev–Trinajstić information content (AvgIpc) is 2.23. The minimum atomic E-state index is 0.712. The first kappa shape index (κ1) is 10.1. The van der Waals surface area contributed by atoms with Crippen LogP contribution in [0.15, 0.2) is 23.1 Å². The highest BCUT2D eigenvalue weighted by Gasteiger charge is 2.17. The predicted molar refractivity (Wildman–Crippen MR) is 63.3 cm³/mol. The Labute approximate surface area is 91.3 Å². The molecule has 76 valence electrons. The van der Waals surface area contributed by atoms with Crippen LogP contribution >= 0.6 is 12.6 Å². The van der Waals surface area contributed by atoms with E-state index in [1.807, 2.05) is 0 Å². The zero-order valence-corrected chi connectivity index (χ0v) is 9.48. The van der Waals surface area contributed by atoms with E-state index in [0.29, 0.717) is 5.92 Å². The summed E-state index contributed by atoms with van der Waals surface area (Å²) < 4.78 is 0. The van der Waals surface area contributed by atoms with Gasteiger partial charge >= 0.3 is 0 Å². The first-order valence-electron chi connectivity index (χ1n) is 5.28. The third-order valence-corrected chi connectivity index (χ3v) is 3.66. The first-order chi connectivity index (χ1) is 6.79. The van der Waals surface area contributed by atoms with Crippen LogP contribution in [0.4, 0.5) is 0 Å². The van der Waals surface area contributed by atoms with Crippen molar-refractivity contribution in [1.29, 1.82) is 0 Å². The lowest BCUT2D eigenvalue weighted by Gasteiger charge is -2.24. The van der Waals surface area contributed by atoms with Crippen LogP contribution in [0.3, 0.4) is 0 Å². The van der Waals surface area contributed by atoms with Crippen LogP contribution in [-0.2, 0) is 0 Å². The van der Waals surface area contributed by atoms with Crippen LogP contribution in [0, 0.1) is 6.92 Å². The standard InChI is InChI=1S/C12H17NS/c1-9-3-2-4-11(12(9)14)10-5-7-13-8-6-10/h2-4,10,13-14H,5-8H2,1H3. The Hall–Kier alpha value is -0.470. The molecular weight excluding hydrogens is 190 g/mol. The van der Waals surface area contributed by atoms with E-state index in [2.05, 4.69) is 43.1 Å². The Morgan fingerprint density at radius 1 is 1.29 bits per heavy atom. The molecular formula is C12H17NS. The molecule has 0 spiro atoms. The molecule has 1 saturated heterocycles. The highest BCUT2D eigenvalue weighted by molar-refractivity contribution is 7.80. The molecule has 1 aromatic carbocycles. The van der Waals surface area contributed by atoms with Crippen molar-refractivity contribution in [2.45, 2.75) is 30.6 Å². The third kappa shape index (κ3) is 1.96. The smallest absolute Gasteiger partial charge is 0.0104 e. The normalized spacial score (nSPS) is 18.4. The maximum atomic E-state index is 4.60. The SMILES string of the molecule is Cc1cccc(C2CCNCC2)c1S. The van der Waals surface area contributed by atoms with Gasteiger partial charge in [0.15, 0.2) is 0 Å². The van der Waals surface area contributed by atoms with Crippen molar-refractivity contribution in [3.05, 3.63) is 29.3 Å². The van der Waals surface area contributed by atoms with E-state index in [0.717, 1.165) is 13.1 Å². The summed E-state index contributed by atoms with van der Waals surface area (Å²) in [6, 6.07) is 6.50. The summed E-state index contributed by atoms with van der Waals surface area (Å²) in [5.41, 5.74) is 2.74. The first-order valence-corrected chi connectivity index (χ1v) is 5.73. The molecule has 1 N–H and O–H groups in total. The van der Waals surface area contributed by atoms with Crippen molar-refractivity contribution in [2.24, 2.45) is 0 Å². The van der Waals surface area contributed by atoms with Gasteiger partial charge in [0.2, 0.25) is 0 Å². The molecule has 2 heteroatoms. The van der Waals surface area contributed by atoms with E-state index in [9.17, 15) is 0 Å². The van der Waals surface area contributed by atoms with Crippen LogP contribution in [-0.4, -0.2) is 13.1 Å². The number of aryl methyl sites for hydroxylation is 1. The Morgan fingerprint density at radius 2 is 2.00 bits per heavy atom. The Balaban J connectivity index is 2.26. The number of hydrogen-bond acceptors (Lipinski definition) is 2. The largest absolute Gasteiger partial charge is 0.317 e. The summed E-state index contributed by atoms with van der Waals surface area (Å²) >= 11 is 4.60. The highest BCUT2D eigenvalue weighted by Crippen LogP contribution is 2.31. The molecule has 1 aliphatic heterocycles. The monoisotopic (exact) mass is 207 g/mol. The van der Waals surface area contributed by atoms with Gasteiger partial charge in [0.1, 0.15) is 0 Å². The molecule has 14 heavy (non-hydrogen) atoms. The quantitative estimate of drug-likeness (QED) is 0.675. The third-order valence-electron chi connectivity index (χ3n) is 3.05. The lowest BCUT2D eigenvalue weighted by molar-refractivity contribution is 0.456. The zero-order chi connectivity index (χ0) is 9.97. The van der Waals surface area contributed by atoms with Gasteiger partial charge in [-0.15, -0.1) is 12.6 Å². The molecule has 0 amide bonds. The van der Waals surface area contributed by atoms with E-state index in [1.54, 1.807) is 0 Å². The van der Waals surface area contributed by atoms with Gasteiger partial charge in [-0.3, -0.25) is 0 Å². The van der Waals surface area contributed by atoms with Crippen molar-refractivity contribution < 1.29 is 0 Å². The number of benzene rings is 1. The van der Waals surface area contributed by atoms with Gasteiger partial charge in [-0.1, -0.05) is 18.2 Å². The summed E-state index contributed by atoms with van der Waals surface area (Å²) in [6.45, 7) is 4.42. The fraction of sp³-hybridized carbons (Fsp3) is 0.500. The molecule has 0 unspecified atom stereocenters. The maximum Gasteiger partial charge on any atom is 0.0104 e. The van der Waals surface area contributed by atoms with Crippen molar-refractivity contribution in [2.75, 3.05) is 13.1 Å². The van der Waals surface area contributed by atoms with Crippen LogP contribution in [0.25, 0.3) is 0 Å². The minimum Gasteiger partial charge on any atom is -0.317 e. The molecule has 0 radical (unpaired) electrons. The maximum absolute atomic E-state index is 4.60. The molecule has 0 aromatic heterocycles. The van der Waals surface area contributed by atoms with E-state index in [4.69, 9.17) is 0 Å². The molecule has 1 aromatic rings. The van der Waals surface area contributed by atoms with Crippen molar-refractivity contribution in [3.8, 4) is 0 Å². The topological polar surface area (TPSA) is 12.0 Å². The number of thiol groups is 1. The van der Waals surface area contributed by atoms with Gasteiger partial charge < -0.3 is 5.32 Å². The molecule has 0 bridgehead atoms. The van der Waals surface area contributed by atoms with Crippen LogP contribution in [0.1, 0.15) is 29.9 Å². The Morgan fingerprint density at radius 3 is 2.71 bits per heavy atom. The zero-order valence-electron chi connectivity index (χ0n) is 8.59. The lowest BCUT2D eigenvalue weighted by atomic mass is 9.89. The van der Waals surface area contributed by atoms with Gasteiger partial charge in [0, 0.05) is 4.90 Å². The molecule has 1 fully saturated rings. The molecule has 1 nitrogen and oxygen atoms in total. The second-order valence-electron chi connectivity index (χ2n) is 4.04.